The molecule has 1 amide bonds. The number of nitrogens with zero attached hydrogens (tertiary/aromatic N) is 4. The zero-order valence-electron chi connectivity index (χ0n) is 18.3. The van der Waals surface area contributed by atoms with Gasteiger partial charge in [0.25, 0.3) is 11.6 Å². The zero-order valence-corrected chi connectivity index (χ0v) is 19.1. The molecule has 0 aromatic heterocycles. The molecule has 9 heteroatoms. The predicted molar refractivity (Wildman–Crippen MR) is 129 cm³/mol. The van der Waals surface area contributed by atoms with Gasteiger partial charge in [0.15, 0.2) is 0 Å². The number of benzene rings is 2. The standard InChI is InChI=1S/C23H29N5O3.ClH/c1-18-5-8-20(9-6-18)25-13-15-27(16-14-25)24-23(29)19-7-10-21(22(17-19)28(30)31)26-11-3-2-4-12-26;/h5-10,17H,2-4,11-16H2,1H3,(H,24,29);1H. The van der Waals surface area contributed by atoms with Gasteiger partial charge in [-0.25, -0.2) is 5.01 Å². The summed E-state index contributed by atoms with van der Waals surface area (Å²) in [7, 11) is 0. The number of nitro groups is 1. The molecule has 0 atom stereocenters. The Morgan fingerprint density at radius 1 is 0.906 bits per heavy atom. The molecule has 2 heterocycles. The monoisotopic (exact) mass is 459 g/mol. The van der Waals surface area contributed by atoms with E-state index in [9.17, 15) is 14.9 Å². The largest absolute Gasteiger partial charge is 0.369 e. The molecule has 2 fully saturated rings. The van der Waals surface area contributed by atoms with Crippen molar-refractivity contribution >= 4 is 35.4 Å². The number of anilines is 2. The number of aryl methyl sites for hydroxylation is 1. The Bertz CT molecular complexity index is 939. The summed E-state index contributed by atoms with van der Waals surface area (Å²) in [6.45, 7) is 6.69. The normalized spacial score (nSPS) is 16.9. The van der Waals surface area contributed by atoms with Crippen molar-refractivity contribution in [1.82, 2.24) is 10.4 Å². The summed E-state index contributed by atoms with van der Waals surface area (Å²) in [6, 6.07) is 13.2. The van der Waals surface area contributed by atoms with E-state index in [2.05, 4.69) is 41.5 Å². The van der Waals surface area contributed by atoms with E-state index >= 15 is 0 Å². The van der Waals surface area contributed by atoms with Gasteiger partial charge in [-0.1, -0.05) is 17.7 Å². The number of halogens is 1. The van der Waals surface area contributed by atoms with Crippen LogP contribution in [0.2, 0.25) is 0 Å². The Morgan fingerprint density at radius 3 is 2.19 bits per heavy atom. The molecular weight excluding hydrogens is 430 g/mol. The number of hydrogen-bond donors (Lipinski definition) is 1. The average Bonchev–Trinajstić information content (AvgIpc) is 2.80. The maximum atomic E-state index is 12.8. The quantitative estimate of drug-likeness (QED) is 0.541. The van der Waals surface area contributed by atoms with Crippen LogP contribution >= 0.6 is 12.4 Å². The van der Waals surface area contributed by atoms with Crippen molar-refractivity contribution < 1.29 is 9.72 Å². The molecular formula is C23H30ClN5O3. The SMILES string of the molecule is Cc1ccc(N2CCN(NC(=O)c3ccc(N4CCCCC4)c([N+](=O)[O-])c3)CC2)cc1.Cl. The van der Waals surface area contributed by atoms with E-state index < -0.39 is 0 Å². The molecule has 172 valence electrons. The maximum Gasteiger partial charge on any atom is 0.293 e. The van der Waals surface area contributed by atoms with E-state index in [-0.39, 0.29) is 28.9 Å². The van der Waals surface area contributed by atoms with E-state index in [0.29, 0.717) is 24.3 Å². The van der Waals surface area contributed by atoms with Crippen molar-refractivity contribution in [2.24, 2.45) is 0 Å². The third-order valence-corrected chi connectivity index (χ3v) is 6.07. The third-order valence-electron chi connectivity index (χ3n) is 6.07. The highest BCUT2D eigenvalue weighted by Gasteiger charge is 2.24. The second-order valence-corrected chi connectivity index (χ2v) is 8.26. The van der Waals surface area contributed by atoms with Crippen LogP contribution in [-0.4, -0.2) is 55.1 Å². The summed E-state index contributed by atoms with van der Waals surface area (Å²) in [4.78, 5) is 28.4. The number of piperazine rings is 1. The second-order valence-electron chi connectivity index (χ2n) is 8.26. The number of carbonyl (C=O) groups excluding carboxylic acids is 1. The third kappa shape index (κ3) is 5.49. The van der Waals surface area contributed by atoms with Crippen LogP contribution in [0.3, 0.4) is 0 Å². The lowest BCUT2D eigenvalue weighted by molar-refractivity contribution is -0.384. The highest BCUT2D eigenvalue weighted by atomic mass is 35.5. The van der Waals surface area contributed by atoms with Crippen molar-refractivity contribution in [1.29, 1.82) is 0 Å². The second kappa shape index (κ2) is 10.7. The van der Waals surface area contributed by atoms with Gasteiger partial charge in [0.1, 0.15) is 5.69 Å². The van der Waals surface area contributed by atoms with Gasteiger partial charge in [-0.15, -0.1) is 12.4 Å². The molecule has 0 bridgehead atoms. The molecule has 2 saturated heterocycles. The number of hydrazine groups is 1. The van der Waals surface area contributed by atoms with Crippen molar-refractivity contribution in [3.05, 3.63) is 63.7 Å². The first-order valence-corrected chi connectivity index (χ1v) is 10.9. The number of piperidine rings is 1. The number of amides is 1. The minimum atomic E-state index is -0.388. The number of hydrogen-bond acceptors (Lipinski definition) is 6. The number of nitro benzene ring substituents is 1. The summed E-state index contributed by atoms with van der Waals surface area (Å²) >= 11 is 0. The van der Waals surface area contributed by atoms with E-state index in [1.54, 1.807) is 12.1 Å². The summed E-state index contributed by atoms with van der Waals surface area (Å²) in [6.07, 6.45) is 3.23. The van der Waals surface area contributed by atoms with Crippen molar-refractivity contribution in [3.63, 3.8) is 0 Å². The molecule has 0 spiro atoms. The van der Waals surface area contributed by atoms with E-state index in [0.717, 1.165) is 45.4 Å². The van der Waals surface area contributed by atoms with E-state index in [4.69, 9.17) is 0 Å². The molecule has 32 heavy (non-hydrogen) atoms. The minimum absolute atomic E-state index is 0. The van der Waals surface area contributed by atoms with Gasteiger partial charge in [0.2, 0.25) is 0 Å². The predicted octanol–water partition coefficient (Wildman–Crippen LogP) is 3.78. The van der Waals surface area contributed by atoms with Crippen LogP contribution in [-0.2, 0) is 0 Å². The number of rotatable bonds is 5. The average molecular weight is 460 g/mol. The highest BCUT2D eigenvalue weighted by Crippen LogP contribution is 2.31. The molecule has 2 aromatic rings. The van der Waals surface area contributed by atoms with Crippen LogP contribution in [0.1, 0.15) is 35.2 Å². The van der Waals surface area contributed by atoms with Crippen molar-refractivity contribution in [3.8, 4) is 0 Å². The minimum Gasteiger partial charge on any atom is -0.369 e. The smallest absolute Gasteiger partial charge is 0.293 e. The van der Waals surface area contributed by atoms with Gasteiger partial charge in [-0.05, 0) is 50.5 Å². The van der Waals surface area contributed by atoms with Gasteiger partial charge >= 0.3 is 0 Å². The van der Waals surface area contributed by atoms with Crippen LogP contribution in [0.25, 0.3) is 0 Å². The molecule has 2 aliphatic heterocycles. The summed E-state index contributed by atoms with van der Waals surface area (Å²) in [5.41, 5.74) is 6.24. The van der Waals surface area contributed by atoms with Gasteiger partial charge in [0, 0.05) is 56.6 Å². The van der Waals surface area contributed by atoms with Gasteiger partial charge in [-0.3, -0.25) is 20.3 Å². The lowest BCUT2D eigenvalue weighted by atomic mass is 10.1. The lowest BCUT2D eigenvalue weighted by Crippen LogP contribution is -2.53. The molecule has 0 radical (unpaired) electrons. The molecule has 0 aliphatic carbocycles. The molecule has 0 saturated carbocycles. The van der Waals surface area contributed by atoms with Crippen LogP contribution in [0.5, 0.6) is 0 Å². The fraction of sp³-hybridized carbons (Fsp3) is 0.435. The Hall–Kier alpha value is -2.84. The summed E-state index contributed by atoms with van der Waals surface area (Å²) < 4.78 is 0. The molecule has 1 N–H and O–H groups in total. The highest BCUT2D eigenvalue weighted by molar-refractivity contribution is 5.95. The first kappa shape index (κ1) is 23.8. The maximum absolute atomic E-state index is 12.8. The van der Waals surface area contributed by atoms with E-state index in [1.807, 2.05) is 9.91 Å². The molecule has 2 aromatic carbocycles. The topological polar surface area (TPSA) is 82.0 Å². The number of nitrogens with one attached hydrogen (secondary N) is 1. The van der Waals surface area contributed by atoms with Gasteiger partial charge in [-0.2, -0.15) is 0 Å². The summed E-state index contributed by atoms with van der Waals surface area (Å²) in [5, 5.41) is 13.5. The van der Waals surface area contributed by atoms with Crippen molar-refractivity contribution in [2.75, 3.05) is 49.1 Å². The van der Waals surface area contributed by atoms with Gasteiger partial charge < -0.3 is 9.80 Å². The van der Waals surface area contributed by atoms with Crippen LogP contribution in [0, 0.1) is 17.0 Å². The van der Waals surface area contributed by atoms with E-state index in [1.165, 1.54) is 17.3 Å². The van der Waals surface area contributed by atoms with Crippen LogP contribution < -0.4 is 15.2 Å². The molecule has 4 rings (SSSR count). The Labute approximate surface area is 194 Å². The Kier molecular flexibility index (Phi) is 7.93. The molecule has 8 nitrogen and oxygen atoms in total. The summed E-state index contributed by atoms with van der Waals surface area (Å²) in [5.74, 6) is -0.308. The Balaban J connectivity index is 0.00000289. The van der Waals surface area contributed by atoms with Crippen LogP contribution in [0.15, 0.2) is 42.5 Å². The lowest BCUT2D eigenvalue weighted by Gasteiger charge is -2.36. The fourth-order valence-electron chi connectivity index (χ4n) is 4.25. The zero-order chi connectivity index (χ0) is 21.8. The molecule has 0 unspecified atom stereocenters. The first-order valence-electron chi connectivity index (χ1n) is 10.9. The fourth-order valence-corrected chi connectivity index (χ4v) is 4.25. The number of carbonyl (C=O) groups is 1. The van der Waals surface area contributed by atoms with Gasteiger partial charge in [0.05, 0.1) is 4.92 Å². The van der Waals surface area contributed by atoms with Crippen molar-refractivity contribution in [2.45, 2.75) is 26.2 Å². The first-order chi connectivity index (χ1) is 15.0. The van der Waals surface area contributed by atoms with Crippen LogP contribution in [0.4, 0.5) is 17.1 Å². The Morgan fingerprint density at radius 2 is 1.56 bits per heavy atom. The molecule has 2 aliphatic rings.